The first-order valence-electron chi connectivity index (χ1n) is 4.94. The Labute approximate surface area is 91.2 Å². The van der Waals surface area contributed by atoms with Crippen LogP contribution in [0.4, 0.5) is 0 Å². The molecule has 0 aliphatic carbocycles. The Kier molecular flexibility index (Phi) is 3.17. The van der Waals surface area contributed by atoms with Gasteiger partial charge in [-0.25, -0.2) is 4.18 Å². The number of hydrogen-bond acceptors (Lipinski definition) is 4. The number of rotatable bonds is 2. The average molecular weight is 237 g/mol. The van der Waals surface area contributed by atoms with E-state index in [1.165, 1.54) is 0 Å². The molecular formula is C9H19NO4S. The molecule has 0 amide bonds. The number of nitrogens with one attached hydrogen (secondary N) is 1. The topological polar surface area (TPSA) is 75.6 Å². The van der Waals surface area contributed by atoms with E-state index in [4.69, 9.17) is 4.55 Å². The molecule has 1 fully saturated rings. The summed E-state index contributed by atoms with van der Waals surface area (Å²) >= 11 is 0. The summed E-state index contributed by atoms with van der Waals surface area (Å²) in [4.78, 5) is 0. The Morgan fingerprint density at radius 1 is 1.20 bits per heavy atom. The van der Waals surface area contributed by atoms with Gasteiger partial charge in [0.25, 0.3) is 0 Å². The average Bonchev–Trinajstić information content (AvgIpc) is 1.70. The third-order valence-corrected chi connectivity index (χ3v) is 2.93. The maximum atomic E-state index is 10.6. The van der Waals surface area contributed by atoms with E-state index in [-0.39, 0.29) is 11.1 Å². The predicted octanol–water partition coefficient (Wildman–Crippen LogP) is 1.12. The van der Waals surface area contributed by atoms with E-state index < -0.39 is 16.5 Å². The van der Waals surface area contributed by atoms with Crippen LogP contribution in [0.25, 0.3) is 0 Å². The van der Waals surface area contributed by atoms with E-state index in [2.05, 4.69) is 9.50 Å². The Balaban J connectivity index is 2.76. The van der Waals surface area contributed by atoms with Crippen LogP contribution in [0.2, 0.25) is 0 Å². The van der Waals surface area contributed by atoms with Crippen molar-refractivity contribution in [2.75, 3.05) is 0 Å². The van der Waals surface area contributed by atoms with Crippen LogP contribution in [0.3, 0.4) is 0 Å². The zero-order valence-corrected chi connectivity index (χ0v) is 10.4. The van der Waals surface area contributed by atoms with Crippen LogP contribution in [0, 0.1) is 0 Å². The van der Waals surface area contributed by atoms with E-state index in [1.807, 2.05) is 27.7 Å². The van der Waals surface area contributed by atoms with Crippen molar-refractivity contribution in [2.24, 2.45) is 0 Å². The highest BCUT2D eigenvalue weighted by Gasteiger charge is 2.39. The van der Waals surface area contributed by atoms with E-state index in [9.17, 15) is 8.42 Å². The van der Waals surface area contributed by atoms with Crippen molar-refractivity contribution >= 4 is 10.4 Å². The van der Waals surface area contributed by atoms with Gasteiger partial charge < -0.3 is 5.32 Å². The molecule has 6 heteroatoms. The molecule has 1 aliphatic rings. The number of hydrogen-bond donors (Lipinski definition) is 2. The van der Waals surface area contributed by atoms with Crippen molar-refractivity contribution in [3.63, 3.8) is 0 Å². The molecule has 0 unspecified atom stereocenters. The lowest BCUT2D eigenvalue weighted by molar-refractivity contribution is 0.0527. The van der Waals surface area contributed by atoms with Gasteiger partial charge in [-0.1, -0.05) is 0 Å². The molecule has 90 valence electrons. The van der Waals surface area contributed by atoms with Crippen molar-refractivity contribution in [2.45, 2.75) is 57.7 Å². The molecule has 0 aromatic rings. The lowest BCUT2D eigenvalue weighted by Crippen LogP contribution is -2.59. The molecule has 5 nitrogen and oxygen atoms in total. The molecule has 1 aliphatic heterocycles. The largest absolute Gasteiger partial charge is 0.397 e. The smallest absolute Gasteiger partial charge is 0.307 e. The minimum Gasteiger partial charge on any atom is -0.307 e. The van der Waals surface area contributed by atoms with Gasteiger partial charge in [-0.05, 0) is 40.5 Å². The highest BCUT2D eigenvalue weighted by molar-refractivity contribution is 7.80. The lowest BCUT2D eigenvalue weighted by atomic mass is 9.81. The first kappa shape index (κ1) is 12.9. The van der Waals surface area contributed by atoms with Crippen LogP contribution >= 0.6 is 0 Å². The molecule has 2 N–H and O–H groups in total. The van der Waals surface area contributed by atoms with Gasteiger partial charge in [0, 0.05) is 11.1 Å². The molecule has 0 bridgehead atoms. The van der Waals surface area contributed by atoms with Gasteiger partial charge in [-0.15, -0.1) is 0 Å². The Morgan fingerprint density at radius 3 is 1.93 bits per heavy atom. The summed E-state index contributed by atoms with van der Waals surface area (Å²) in [5.41, 5.74) is -0.395. The summed E-state index contributed by atoms with van der Waals surface area (Å²) in [5.74, 6) is 0. The normalized spacial score (nSPS) is 26.5. The van der Waals surface area contributed by atoms with Crippen LogP contribution in [0.15, 0.2) is 0 Å². The van der Waals surface area contributed by atoms with Crippen LogP contribution in [-0.2, 0) is 14.6 Å². The molecule has 1 rings (SSSR count). The van der Waals surface area contributed by atoms with Crippen LogP contribution in [0.5, 0.6) is 0 Å². The molecule has 0 spiro atoms. The fourth-order valence-electron chi connectivity index (χ4n) is 2.47. The molecule has 0 radical (unpaired) electrons. The van der Waals surface area contributed by atoms with Gasteiger partial charge in [0.2, 0.25) is 0 Å². The predicted molar refractivity (Wildman–Crippen MR) is 56.9 cm³/mol. The first-order valence-corrected chi connectivity index (χ1v) is 6.31. The van der Waals surface area contributed by atoms with E-state index in [0.717, 1.165) is 0 Å². The second-order valence-electron chi connectivity index (χ2n) is 5.45. The highest BCUT2D eigenvalue weighted by atomic mass is 32.3. The van der Waals surface area contributed by atoms with Crippen LogP contribution in [0.1, 0.15) is 40.5 Å². The molecule has 0 saturated carbocycles. The molecule has 0 aromatic heterocycles. The van der Waals surface area contributed by atoms with Crippen molar-refractivity contribution in [1.29, 1.82) is 0 Å². The van der Waals surface area contributed by atoms with Gasteiger partial charge in [0.05, 0.1) is 6.10 Å². The van der Waals surface area contributed by atoms with Gasteiger partial charge in [0.15, 0.2) is 0 Å². The highest BCUT2D eigenvalue weighted by Crippen LogP contribution is 2.30. The molecule has 1 saturated heterocycles. The Bertz CT molecular complexity index is 318. The second kappa shape index (κ2) is 3.69. The quantitative estimate of drug-likeness (QED) is 0.704. The lowest BCUT2D eigenvalue weighted by Gasteiger charge is -2.45. The van der Waals surface area contributed by atoms with Crippen molar-refractivity contribution in [1.82, 2.24) is 5.32 Å². The monoisotopic (exact) mass is 237 g/mol. The summed E-state index contributed by atoms with van der Waals surface area (Å²) in [6.45, 7) is 7.92. The van der Waals surface area contributed by atoms with E-state index in [0.29, 0.717) is 12.8 Å². The maximum absolute atomic E-state index is 10.6. The van der Waals surface area contributed by atoms with Crippen molar-refractivity contribution in [3.05, 3.63) is 0 Å². The molecule has 15 heavy (non-hydrogen) atoms. The Hall–Kier alpha value is -0.170. The summed E-state index contributed by atoms with van der Waals surface area (Å²) < 4.78 is 34.5. The fourth-order valence-corrected chi connectivity index (χ4v) is 2.95. The third kappa shape index (κ3) is 4.46. The summed E-state index contributed by atoms with van der Waals surface area (Å²) in [6.07, 6.45) is 0.637. The third-order valence-electron chi connectivity index (χ3n) is 2.41. The second-order valence-corrected chi connectivity index (χ2v) is 6.49. The van der Waals surface area contributed by atoms with Gasteiger partial charge in [-0.3, -0.25) is 4.55 Å². The molecule has 0 aromatic carbocycles. The van der Waals surface area contributed by atoms with E-state index in [1.54, 1.807) is 0 Å². The van der Waals surface area contributed by atoms with Gasteiger partial charge in [0.1, 0.15) is 0 Å². The summed E-state index contributed by atoms with van der Waals surface area (Å²) in [5, 5.41) is 3.39. The Morgan fingerprint density at radius 2 is 1.60 bits per heavy atom. The van der Waals surface area contributed by atoms with Crippen LogP contribution < -0.4 is 5.32 Å². The standard InChI is InChI=1S/C9H19NO4S/c1-8(2)5-7(14-15(11,12)13)6-9(3,4)10-8/h7,10H,5-6H2,1-4H3,(H,11,12,13). The van der Waals surface area contributed by atoms with E-state index >= 15 is 0 Å². The minimum atomic E-state index is -4.35. The first-order chi connectivity index (χ1) is 6.49. The van der Waals surface area contributed by atoms with Crippen molar-refractivity contribution in [3.8, 4) is 0 Å². The number of piperidine rings is 1. The SMILES string of the molecule is CC1(C)CC(OS(=O)(=O)O)CC(C)(C)N1. The maximum Gasteiger partial charge on any atom is 0.397 e. The minimum absolute atomic E-state index is 0.197. The molecular weight excluding hydrogens is 218 g/mol. The van der Waals surface area contributed by atoms with Gasteiger partial charge in [-0.2, -0.15) is 8.42 Å². The summed E-state index contributed by atoms with van der Waals surface area (Å²) in [6, 6.07) is 0. The van der Waals surface area contributed by atoms with Crippen LogP contribution in [-0.4, -0.2) is 30.2 Å². The van der Waals surface area contributed by atoms with Crippen molar-refractivity contribution < 1.29 is 17.2 Å². The molecule has 1 heterocycles. The van der Waals surface area contributed by atoms with Gasteiger partial charge >= 0.3 is 10.4 Å². The fraction of sp³-hybridized carbons (Fsp3) is 1.00. The summed E-state index contributed by atoms with van der Waals surface area (Å²) in [7, 11) is -4.35. The molecule has 0 atom stereocenters. The zero-order valence-electron chi connectivity index (χ0n) is 9.57. The zero-order chi connectivity index (χ0) is 11.9.